The van der Waals surface area contributed by atoms with Gasteiger partial charge in [0, 0.05) is 12.8 Å². The van der Waals surface area contributed by atoms with Crippen molar-refractivity contribution in [2.75, 3.05) is 0 Å². The Morgan fingerprint density at radius 3 is 2.19 bits per heavy atom. The highest BCUT2D eigenvalue weighted by molar-refractivity contribution is 5.74. The van der Waals surface area contributed by atoms with Crippen molar-refractivity contribution in [3.05, 3.63) is 54.6 Å². The van der Waals surface area contributed by atoms with Crippen LogP contribution in [-0.2, 0) is 14.3 Å². The van der Waals surface area contributed by atoms with Gasteiger partial charge < -0.3 is 9.47 Å². The van der Waals surface area contributed by atoms with E-state index >= 15 is 0 Å². The summed E-state index contributed by atoms with van der Waals surface area (Å²) in [7, 11) is 0. The fraction of sp³-hybridized carbons (Fsp3) is 0.304. The Morgan fingerprint density at radius 2 is 1.56 bits per heavy atom. The molecule has 2 rings (SSSR count). The zero-order valence-electron chi connectivity index (χ0n) is 15.7. The van der Waals surface area contributed by atoms with Gasteiger partial charge in [-0.2, -0.15) is 0 Å². The van der Waals surface area contributed by atoms with Gasteiger partial charge in [-0.25, -0.2) is 0 Å². The molecule has 2 aromatic rings. The van der Waals surface area contributed by atoms with Crippen molar-refractivity contribution >= 4 is 11.9 Å². The summed E-state index contributed by atoms with van der Waals surface area (Å²) in [6.45, 7) is 3.61. The standard InChI is InChI=1S/C23H24O4/c1-3-9-20(4-2)26-22(24)12-8-13-23(25)27-21-16-14-19(15-17-21)18-10-6-5-7-11-18/h5-7,10-11,14-17,20H,4,8,12-13H2,1-2H3. The molecular weight excluding hydrogens is 340 g/mol. The van der Waals surface area contributed by atoms with Gasteiger partial charge >= 0.3 is 11.9 Å². The van der Waals surface area contributed by atoms with E-state index in [-0.39, 0.29) is 30.9 Å². The lowest BCUT2D eigenvalue weighted by Crippen LogP contribution is -2.16. The van der Waals surface area contributed by atoms with Crippen LogP contribution < -0.4 is 4.74 Å². The van der Waals surface area contributed by atoms with Crippen LogP contribution in [0.25, 0.3) is 11.1 Å². The molecule has 4 heteroatoms. The fourth-order valence-corrected chi connectivity index (χ4v) is 2.50. The van der Waals surface area contributed by atoms with E-state index in [2.05, 4.69) is 11.8 Å². The number of carbonyl (C=O) groups is 2. The fourth-order valence-electron chi connectivity index (χ4n) is 2.50. The molecule has 0 saturated heterocycles. The van der Waals surface area contributed by atoms with Crippen LogP contribution in [0.15, 0.2) is 54.6 Å². The molecule has 1 unspecified atom stereocenters. The molecule has 4 nitrogen and oxygen atoms in total. The number of esters is 2. The maximum absolute atomic E-state index is 11.9. The Hall–Kier alpha value is -3.06. The van der Waals surface area contributed by atoms with Crippen LogP contribution in [0, 0.1) is 11.8 Å². The third kappa shape index (κ3) is 6.99. The van der Waals surface area contributed by atoms with Crippen LogP contribution in [0.4, 0.5) is 0 Å². The second-order valence-corrected chi connectivity index (χ2v) is 6.00. The predicted molar refractivity (Wildman–Crippen MR) is 105 cm³/mol. The zero-order valence-corrected chi connectivity index (χ0v) is 15.7. The molecule has 0 N–H and O–H groups in total. The molecular formula is C23H24O4. The van der Waals surface area contributed by atoms with Crippen LogP contribution in [0.3, 0.4) is 0 Å². The second kappa shape index (κ2) is 10.8. The maximum Gasteiger partial charge on any atom is 0.311 e. The smallest absolute Gasteiger partial charge is 0.311 e. The van der Waals surface area contributed by atoms with E-state index in [9.17, 15) is 9.59 Å². The van der Waals surface area contributed by atoms with E-state index < -0.39 is 0 Å². The lowest BCUT2D eigenvalue weighted by atomic mass is 10.1. The molecule has 0 bridgehead atoms. The molecule has 0 heterocycles. The van der Waals surface area contributed by atoms with E-state index in [0.717, 1.165) is 11.1 Å². The highest BCUT2D eigenvalue weighted by Crippen LogP contribution is 2.22. The molecule has 0 amide bonds. The summed E-state index contributed by atoms with van der Waals surface area (Å²) < 4.78 is 10.5. The number of carbonyl (C=O) groups excluding carboxylic acids is 2. The first-order valence-electron chi connectivity index (χ1n) is 9.10. The van der Waals surface area contributed by atoms with Crippen molar-refractivity contribution in [2.24, 2.45) is 0 Å². The van der Waals surface area contributed by atoms with Crippen LogP contribution in [0.5, 0.6) is 5.75 Å². The monoisotopic (exact) mass is 364 g/mol. The van der Waals surface area contributed by atoms with E-state index in [1.54, 1.807) is 19.1 Å². The Bertz CT molecular complexity index is 798. The number of rotatable bonds is 8. The van der Waals surface area contributed by atoms with Gasteiger partial charge in [-0.3, -0.25) is 9.59 Å². The van der Waals surface area contributed by atoms with Gasteiger partial charge in [0.05, 0.1) is 0 Å². The molecule has 0 fully saturated rings. The van der Waals surface area contributed by atoms with Gasteiger partial charge in [0.1, 0.15) is 5.75 Å². The largest absolute Gasteiger partial charge is 0.449 e. The Balaban J connectivity index is 1.75. The number of benzene rings is 2. The van der Waals surface area contributed by atoms with Crippen molar-refractivity contribution in [2.45, 2.75) is 45.6 Å². The summed E-state index contributed by atoms with van der Waals surface area (Å²) in [5.41, 5.74) is 2.16. The summed E-state index contributed by atoms with van der Waals surface area (Å²) in [6, 6.07) is 17.3. The maximum atomic E-state index is 11.9. The molecule has 0 aliphatic rings. The van der Waals surface area contributed by atoms with Gasteiger partial charge in [-0.1, -0.05) is 55.3 Å². The van der Waals surface area contributed by atoms with Crippen molar-refractivity contribution in [1.29, 1.82) is 0 Å². The first-order chi connectivity index (χ1) is 13.1. The molecule has 1 atom stereocenters. The van der Waals surface area contributed by atoms with Gasteiger partial charge in [0.2, 0.25) is 0 Å². The second-order valence-electron chi connectivity index (χ2n) is 6.00. The predicted octanol–water partition coefficient (Wildman–Crippen LogP) is 4.77. The molecule has 0 spiro atoms. The molecule has 2 aromatic carbocycles. The average molecular weight is 364 g/mol. The minimum atomic E-state index is -0.377. The topological polar surface area (TPSA) is 52.6 Å². The van der Waals surface area contributed by atoms with E-state index in [1.165, 1.54) is 0 Å². The van der Waals surface area contributed by atoms with Gasteiger partial charge in [-0.05, 0) is 43.0 Å². The van der Waals surface area contributed by atoms with Crippen LogP contribution in [0.1, 0.15) is 39.5 Å². The number of hydrogen-bond acceptors (Lipinski definition) is 4. The van der Waals surface area contributed by atoms with Crippen LogP contribution in [0.2, 0.25) is 0 Å². The Labute approximate surface area is 160 Å². The van der Waals surface area contributed by atoms with Crippen LogP contribution in [-0.4, -0.2) is 18.0 Å². The molecule has 27 heavy (non-hydrogen) atoms. The molecule has 0 aliphatic carbocycles. The first-order valence-corrected chi connectivity index (χ1v) is 9.10. The number of hydrogen-bond donors (Lipinski definition) is 0. The van der Waals surface area contributed by atoms with E-state index in [4.69, 9.17) is 9.47 Å². The van der Waals surface area contributed by atoms with Crippen molar-refractivity contribution in [3.63, 3.8) is 0 Å². The summed E-state index contributed by atoms with van der Waals surface area (Å²) in [5, 5.41) is 0. The lowest BCUT2D eigenvalue weighted by molar-refractivity contribution is -0.146. The van der Waals surface area contributed by atoms with E-state index in [0.29, 0.717) is 18.6 Å². The highest BCUT2D eigenvalue weighted by atomic mass is 16.5. The Kier molecular flexibility index (Phi) is 8.12. The van der Waals surface area contributed by atoms with Crippen LogP contribution >= 0.6 is 0 Å². The summed E-state index contributed by atoms with van der Waals surface area (Å²) >= 11 is 0. The summed E-state index contributed by atoms with van der Waals surface area (Å²) in [4.78, 5) is 23.7. The summed E-state index contributed by atoms with van der Waals surface area (Å²) in [5.74, 6) is 5.35. The third-order valence-electron chi connectivity index (χ3n) is 3.90. The van der Waals surface area contributed by atoms with Gasteiger partial charge in [-0.15, -0.1) is 5.92 Å². The quantitative estimate of drug-likeness (QED) is 0.384. The minimum absolute atomic E-state index is 0.159. The third-order valence-corrected chi connectivity index (χ3v) is 3.90. The van der Waals surface area contributed by atoms with Gasteiger partial charge in [0.15, 0.2) is 6.10 Å². The van der Waals surface area contributed by atoms with Crippen molar-refractivity contribution < 1.29 is 19.1 Å². The SMILES string of the molecule is CC#CC(CC)OC(=O)CCCC(=O)Oc1ccc(-c2ccccc2)cc1. The Morgan fingerprint density at radius 1 is 0.926 bits per heavy atom. The summed E-state index contributed by atoms with van der Waals surface area (Å²) in [6.07, 6.45) is 0.983. The molecule has 0 saturated carbocycles. The van der Waals surface area contributed by atoms with E-state index in [1.807, 2.05) is 49.4 Å². The van der Waals surface area contributed by atoms with Gasteiger partial charge in [0.25, 0.3) is 0 Å². The highest BCUT2D eigenvalue weighted by Gasteiger charge is 2.12. The molecule has 140 valence electrons. The first kappa shape index (κ1) is 20.3. The van der Waals surface area contributed by atoms with Crippen molar-refractivity contribution in [1.82, 2.24) is 0 Å². The normalized spacial score (nSPS) is 11.0. The average Bonchev–Trinajstić information content (AvgIpc) is 2.69. The zero-order chi connectivity index (χ0) is 19.5. The van der Waals surface area contributed by atoms with Crippen molar-refractivity contribution in [3.8, 4) is 28.7 Å². The molecule has 0 radical (unpaired) electrons. The lowest BCUT2D eigenvalue weighted by Gasteiger charge is -2.10. The number of ether oxygens (including phenoxy) is 2. The minimum Gasteiger partial charge on any atom is -0.449 e. The molecule has 0 aromatic heterocycles. The molecule has 0 aliphatic heterocycles.